The van der Waals surface area contributed by atoms with Crippen LogP contribution in [0.15, 0.2) is 12.5 Å². The molecule has 0 aliphatic carbocycles. The summed E-state index contributed by atoms with van der Waals surface area (Å²) in [7, 11) is 0. The monoisotopic (exact) mass is 279 g/mol. The number of nitrogens with zero attached hydrogens (tertiary/aromatic N) is 3. The van der Waals surface area contributed by atoms with Gasteiger partial charge in [0.05, 0.1) is 12.9 Å². The molecule has 1 amide bonds. The highest BCUT2D eigenvalue weighted by Crippen LogP contribution is 2.27. The SMILES string of the molecule is CC(=O)OCCn1cncc1C1CCN(C(C)=O)CC1. The van der Waals surface area contributed by atoms with E-state index in [1.165, 1.54) is 12.6 Å². The molecule has 0 N–H and O–H groups in total. The number of hydrogen-bond donors (Lipinski definition) is 0. The second kappa shape index (κ2) is 6.54. The maximum atomic E-state index is 11.3. The molecule has 0 spiro atoms. The van der Waals surface area contributed by atoms with Crippen LogP contribution in [-0.2, 0) is 20.9 Å². The molecule has 1 aromatic rings. The molecule has 0 aromatic carbocycles. The lowest BCUT2D eigenvalue weighted by molar-refractivity contribution is -0.141. The molecule has 1 aliphatic rings. The van der Waals surface area contributed by atoms with Gasteiger partial charge in [-0.2, -0.15) is 0 Å². The molecule has 0 saturated carbocycles. The fraction of sp³-hybridized carbons (Fsp3) is 0.643. The molecule has 1 aliphatic heterocycles. The Bertz CT molecular complexity index is 476. The summed E-state index contributed by atoms with van der Waals surface area (Å²) in [6.45, 7) is 5.62. The maximum absolute atomic E-state index is 11.3. The third-order valence-corrected chi connectivity index (χ3v) is 3.74. The fourth-order valence-corrected chi connectivity index (χ4v) is 2.64. The van der Waals surface area contributed by atoms with E-state index in [-0.39, 0.29) is 11.9 Å². The van der Waals surface area contributed by atoms with Crippen molar-refractivity contribution in [1.82, 2.24) is 14.5 Å². The number of ether oxygens (including phenoxy) is 1. The highest BCUT2D eigenvalue weighted by molar-refractivity contribution is 5.73. The Kier molecular flexibility index (Phi) is 4.76. The molecule has 1 fully saturated rings. The molecular formula is C14H21N3O3. The first-order valence-corrected chi connectivity index (χ1v) is 6.97. The number of aromatic nitrogens is 2. The Hall–Kier alpha value is -1.85. The summed E-state index contributed by atoms with van der Waals surface area (Å²) in [6.07, 6.45) is 5.57. The molecule has 0 atom stereocenters. The molecule has 2 rings (SSSR count). The van der Waals surface area contributed by atoms with Crippen molar-refractivity contribution in [2.24, 2.45) is 0 Å². The van der Waals surface area contributed by atoms with Crippen LogP contribution in [0.1, 0.15) is 38.3 Å². The number of rotatable bonds is 4. The minimum absolute atomic E-state index is 0.145. The number of carbonyl (C=O) groups is 2. The van der Waals surface area contributed by atoms with Crippen LogP contribution in [0.25, 0.3) is 0 Å². The lowest BCUT2D eigenvalue weighted by Crippen LogP contribution is -2.36. The summed E-state index contributed by atoms with van der Waals surface area (Å²) in [5, 5.41) is 0. The average Bonchev–Trinajstić information content (AvgIpc) is 2.87. The van der Waals surface area contributed by atoms with Crippen molar-refractivity contribution in [3.05, 3.63) is 18.2 Å². The predicted molar refractivity (Wildman–Crippen MR) is 73.1 cm³/mol. The van der Waals surface area contributed by atoms with Gasteiger partial charge >= 0.3 is 5.97 Å². The summed E-state index contributed by atoms with van der Waals surface area (Å²) in [5.74, 6) is 0.304. The smallest absolute Gasteiger partial charge is 0.302 e. The highest BCUT2D eigenvalue weighted by atomic mass is 16.5. The van der Waals surface area contributed by atoms with Crippen LogP contribution in [0.4, 0.5) is 0 Å². The molecule has 0 bridgehead atoms. The van der Waals surface area contributed by atoms with Crippen LogP contribution in [0, 0.1) is 0 Å². The Labute approximate surface area is 118 Å². The van der Waals surface area contributed by atoms with Crippen LogP contribution >= 0.6 is 0 Å². The first kappa shape index (κ1) is 14.6. The number of piperidine rings is 1. The topological polar surface area (TPSA) is 64.4 Å². The van der Waals surface area contributed by atoms with Crippen LogP contribution in [0.3, 0.4) is 0 Å². The van der Waals surface area contributed by atoms with Crippen LogP contribution in [-0.4, -0.2) is 46.0 Å². The van der Waals surface area contributed by atoms with Gasteiger partial charge in [0.15, 0.2) is 0 Å². The number of amides is 1. The number of esters is 1. The van der Waals surface area contributed by atoms with Gasteiger partial charge in [-0.3, -0.25) is 9.59 Å². The molecule has 0 unspecified atom stereocenters. The van der Waals surface area contributed by atoms with Crippen molar-refractivity contribution < 1.29 is 14.3 Å². The summed E-state index contributed by atoms with van der Waals surface area (Å²) >= 11 is 0. The van der Waals surface area contributed by atoms with Crippen molar-refractivity contribution in [3.63, 3.8) is 0 Å². The average molecular weight is 279 g/mol. The van der Waals surface area contributed by atoms with E-state index in [2.05, 4.69) is 4.98 Å². The summed E-state index contributed by atoms with van der Waals surface area (Å²) < 4.78 is 7.00. The molecule has 6 nitrogen and oxygen atoms in total. The molecule has 0 radical (unpaired) electrons. The Morgan fingerprint density at radius 2 is 2.05 bits per heavy atom. The minimum atomic E-state index is -0.263. The van der Waals surface area contributed by atoms with Crippen LogP contribution in [0.5, 0.6) is 0 Å². The van der Waals surface area contributed by atoms with Crippen molar-refractivity contribution in [1.29, 1.82) is 0 Å². The van der Waals surface area contributed by atoms with E-state index in [1.807, 2.05) is 15.7 Å². The number of likely N-dealkylation sites (tertiary alicyclic amines) is 1. The van der Waals surface area contributed by atoms with Gasteiger partial charge in [0.25, 0.3) is 0 Å². The summed E-state index contributed by atoms with van der Waals surface area (Å²) in [6, 6.07) is 0. The van der Waals surface area contributed by atoms with Gasteiger partial charge in [-0.1, -0.05) is 0 Å². The number of hydrogen-bond acceptors (Lipinski definition) is 4. The molecule has 110 valence electrons. The molecule has 1 aromatic heterocycles. The van der Waals surface area contributed by atoms with E-state index in [1.54, 1.807) is 13.3 Å². The van der Waals surface area contributed by atoms with Gasteiger partial charge in [0.1, 0.15) is 6.61 Å². The highest BCUT2D eigenvalue weighted by Gasteiger charge is 2.24. The van der Waals surface area contributed by atoms with Crippen molar-refractivity contribution >= 4 is 11.9 Å². The Morgan fingerprint density at radius 1 is 1.35 bits per heavy atom. The maximum Gasteiger partial charge on any atom is 0.302 e. The normalized spacial score (nSPS) is 16.2. The zero-order valence-electron chi connectivity index (χ0n) is 12.0. The van der Waals surface area contributed by atoms with Gasteiger partial charge in [0.2, 0.25) is 5.91 Å². The summed E-state index contributed by atoms with van der Waals surface area (Å²) in [4.78, 5) is 28.2. The third-order valence-electron chi connectivity index (χ3n) is 3.74. The standard InChI is InChI=1S/C14H21N3O3/c1-11(18)16-5-3-13(4-6-16)14-9-15-10-17(14)7-8-20-12(2)19/h9-10,13H,3-8H2,1-2H3. The summed E-state index contributed by atoms with van der Waals surface area (Å²) in [5.41, 5.74) is 1.17. The van der Waals surface area contributed by atoms with Crippen molar-refractivity contribution in [3.8, 4) is 0 Å². The Morgan fingerprint density at radius 3 is 2.65 bits per heavy atom. The third kappa shape index (κ3) is 3.59. The van der Waals surface area contributed by atoms with E-state index in [4.69, 9.17) is 4.74 Å². The fourth-order valence-electron chi connectivity index (χ4n) is 2.64. The first-order chi connectivity index (χ1) is 9.58. The van der Waals surface area contributed by atoms with Crippen LogP contribution < -0.4 is 0 Å². The van der Waals surface area contributed by atoms with E-state index in [0.29, 0.717) is 19.1 Å². The molecule has 20 heavy (non-hydrogen) atoms. The van der Waals surface area contributed by atoms with Crippen molar-refractivity contribution in [2.75, 3.05) is 19.7 Å². The van der Waals surface area contributed by atoms with Crippen LogP contribution in [0.2, 0.25) is 0 Å². The quantitative estimate of drug-likeness (QED) is 0.776. The van der Waals surface area contributed by atoms with Gasteiger partial charge in [-0.25, -0.2) is 4.98 Å². The lowest BCUT2D eigenvalue weighted by Gasteiger charge is -2.31. The van der Waals surface area contributed by atoms with Gasteiger partial charge in [0, 0.05) is 44.7 Å². The van der Waals surface area contributed by atoms with Gasteiger partial charge in [-0.05, 0) is 12.8 Å². The number of carbonyl (C=O) groups excluding carboxylic acids is 2. The van der Waals surface area contributed by atoms with Gasteiger partial charge < -0.3 is 14.2 Å². The Balaban J connectivity index is 1.92. The van der Waals surface area contributed by atoms with Gasteiger partial charge in [-0.15, -0.1) is 0 Å². The second-order valence-electron chi connectivity index (χ2n) is 5.13. The van der Waals surface area contributed by atoms with E-state index >= 15 is 0 Å². The van der Waals surface area contributed by atoms with E-state index in [0.717, 1.165) is 25.9 Å². The minimum Gasteiger partial charge on any atom is -0.464 e. The van der Waals surface area contributed by atoms with E-state index in [9.17, 15) is 9.59 Å². The molecular weight excluding hydrogens is 258 g/mol. The number of imidazole rings is 1. The molecule has 1 saturated heterocycles. The molecule has 2 heterocycles. The lowest BCUT2D eigenvalue weighted by atomic mass is 9.93. The zero-order valence-corrected chi connectivity index (χ0v) is 12.0. The molecule has 6 heteroatoms. The van der Waals surface area contributed by atoms with Crippen molar-refractivity contribution in [2.45, 2.75) is 39.2 Å². The zero-order chi connectivity index (χ0) is 14.5. The first-order valence-electron chi connectivity index (χ1n) is 6.97. The largest absolute Gasteiger partial charge is 0.464 e. The van der Waals surface area contributed by atoms with E-state index < -0.39 is 0 Å². The second-order valence-corrected chi connectivity index (χ2v) is 5.13. The predicted octanol–water partition coefficient (Wildman–Crippen LogP) is 1.17.